The van der Waals surface area contributed by atoms with E-state index in [2.05, 4.69) is 32.2 Å². The second-order valence-corrected chi connectivity index (χ2v) is 3.93. The Kier molecular flexibility index (Phi) is 3.81. The molecule has 0 saturated carbocycles. The predicted molar refractivity (Wildman–Crippen MR) is 61.1 cm³/mol. The third-order valence-corrected chi connectivity index (χ3v) is 2.05. The zero-order valence-electron chi connectivity index (χ0n) is 9.42. The van der Waals surface area contributed by atoms with Crippen molar-refractivity contribution >= 4 is 5.69 Å². The molecule has 0 aliphatic rings. The van der Waals surface area contributed by atoms with Gasteiger partial charge >= 0.3 is 0 Å². The van der Waals surface area contributed by atoms with Crippen molar-refractivity contribution in [1.29, 1.82) is 0 Å². The Bertz CT molecular complexity index is 294. The van der Waals surface area contributed by atoms with E-state index in [9.17, 15) is 0 Å². The van der Waals surface area contributed by atoms with E-state index < -0.39 is 0 Å². The summed E-state index contributed by atoms with van der Waals surface area (Å²) in [5.41, 5.74) is 2.37. The molecule has 2 nitrogen and oxygen atoms in total. The molecule has 0 atom stereocenters. The number of aryl methyl sites for hydroxylation is 1. The molecule has 0 aromatic heterocycles. The fourth-order valence-electron chi connectivity index (χ4n) is 1.27. The van der Waals surface area contributed by atoms with Gasteiger partial charge in [-0.2, -0.15) is 0 Å². The Hall–Kier alpha value is -1.18. The van der Waals surface area contributed by atoms with Crippen LogP contribution in [0.2, 0.25) is 0 Å². The first-order valence-corrected chi connectivity index (χ1v) is 5.04. The highest BCUT2D eigenvalue weighted by Crippen LogP contribution is 2.21. The summed E-state index contributed by atoms with van der Waals surface area (Å²) in [7, 11) is 1.93. The highest BCUT2D eigenvalue weighted by atomic mass is 16.5. The SMILES string of the molecule is CNc1ccc(OCC(C)C)cc1C. The van der Waals surface area contributed by atoms with E-state index in [1.165, 1.54) is 5.56 Å². The molecule has 0 bridgehead atoms. The number of benzene rings is 1. The maximum atomic E-state index is 5.62. The van der Waals surface area contributed by atoms with Crippen LogP contribution in [0.5, 0.6) is 5.75 Å². The maximum absolute atomic E-state index is 5.62. The van der Waals surface area contributed by atoms with Crippen LogP contribution in [0.15, 0.2) is 18.2 Å². The Morgan fingerprint density at radius 1 is 1.36 bits per heavy atom. The van der Waals surface area contributed by atoms with Gasteiger partial charge in [-0.3, -0.25) is 0 Å². The molecule has 0 radical (unpaired) electrons. The summed E-state index contributed by atoms with van der Waals surface area (Å²) in [5.74, 6) is 1.52. The van der Waals surface area contributed by atoms with Crippen LogP contribution in [0.4, 0.5) is 5.69 Å². The Balaban J connectivity index is 2.66. The van der Waals surface area contributed by atoms with Crippen LogP contribution in [0.1, 0.15) is 19.4 Å². The molecule has 0 amide bonds. The second kappa shape index (κ2) is 4.89. The average Bonchev–Trinajstić information content (AvgIpc) is 2.15. The fourth-order valence-corrected chi connectivity index (χ4v) is 1.27. The van der Waals surface area contributed by atoms with Crippen molar-refractivity contribution in [2.75, 3.05) is 19.0 Å². The zero-order chi connectivity index (χ0) is 10.6. The number of nitrogens with one attached hydrogen (secondary N) is 1. The Morgan fingerprint density at radius 3 is 2.57 bits per heavy atom. The van der Waals surface area contributed by atoms with Crippen molar-refractivity contribution in [1.82, 2.24) is 0 Å². The van der Waals surface area contributed by atoms with Gasteiger partial charge < -0.3 is 10.1 Å². The van der Waals surface area contributed by atoms with Gasteiger partial charge in [0, 0.05) is 12.7 Å². The van der Waals surface area contributed by atoms with E-state index in [0.29, 0.717) is 5.92 Å². The summed E-state index contributed by atoms with van der Waals surface area (Å²) in [6, 6.07) is 6.11. The van der Waals surface area contributed by atoms with Gasteiger partial charge in [-0.15, -0.1) is 0 Å². The molecule has 0 saturated heterocycles. The van der Waals surface area contributed by atoms with Gasteiger partial charge in [-0.25, -0.2) is 0 Å². The third kappa shape index (κ3) is 2.95. The van der Waals surface area contributed by atoms with Crippen LogP contribution < -0.4 is 10.1 Å². The molecule has 0 aliphatic carbocycles. The minimum Gasteiger partial charge on any atom is -0.493 e. The minimum atomic E-state index is 0.569. The van der Waals surface area contributed by atoms with E-state index in [1.54, 1.807) is 0 Å². The molecule has 1 aromatic rings. The smallest absolute Gasteiger partial charge is 0.119 e. The zero-order valence-corrected chi connectivity index (χ0v) is 9.42. The summed E-state index contributed by atoms with van der Waals surface area (Å²) in [6.07, 6.45) is 0. The number of rotatable bonds is 4. The molecule has 78 valence electrons. The number of hydrogen-bond donors (Lipinski definition) is 1. The molecule has 1 aromatic carbocycles. The molecule has 0 fully saturated rings. The van der Waals surface area contributed by atoms with Crippen LogP contribution in [-0.4, -0.2) is 13.7 Å². The van der Waals surface area contributed by atoms with Crippen molar-refractivity contribution in [2.24, 2.45) is 5.92 Å². The third-order valence-electron chi connectivity index (χ3n) is 2.05. The first kappa shape index (κ1) is 10.9. The molecular formula is C12H19NO. The van der Waals surface area contributed by atoms with Gasteiger partial charge in [0.15, 0.2) is 0 Å². The van der Waals surface area contributed by atoms with Crippen LogP contribution in [0, 0.1) is 12.8 Å². The van der Waals surface area contributed by atoms with Gasteiger partial charge in [0.1, 0.15) is 5.75 Å². The second-order valence-electron chi connectivity index (χ2n) is 3.93. The highest BCUT2D eigenvalue weighted by molar-refractivity contribution is 5.53. The molecule has 0 aliphatic heterocycles. The van der Waals surface area contributed by atoms with E-state index in [0.717, 1.165) is 18.0 Å². The van der Waals surface area contributed by atoms with E-state index >= 15 is 0 Å². The first-order chi connectivity index (χ1) is 6.63. The number of ether oxygens (including phenoxy) is 1. The van der Waals surface area contributed by atoms with Crippen LogP contribution >= 0.6 is 0 Å². The van der Waals surface area contributed by atoms with Gasteiger partial charge in [0.25, 0.3) is 0 Å². The lowest BCUT2D eigenvalue weighted by Gasteiger charge is -2.11. The minimum absolute atomic E-state index is 0.569. The Labute approximate surface area is 86.3 Å². The molecule has 0 spiro atoms. The normalized spacial score (nSPS) is 10.4. The maximum Gasteiger partial charge on any atom is 0.119 e. The molecule has 1 N–H and O–H groups in total. The van der Waals surface area contributed by atoms with Gasteiger partial charge in [0.2, 0.25) is 0 Å². The van der Waals surface area contributed by atoms with Crippen molar-refractivity contribution < 1.29 is 4.74 Å². The van der Waals surface area contributed by atoms with Crippen LogP contribution in [0.25, 0.3) is 0 Å². The monoisotopic (exact) mass is 193 g/mol. The summed E-state index contributed by atoms with van der Waals surface area (Å²) in [5, 5.41) is 3.13. The lowest BCUT2D eigenvalue weighted by molar-refractivity contribution is 0.271. The van der Waals surface area contributed by atoms with Crippen molar-refractivity contribution in [3.8, 4) is 5.75 Å². The van der Waals surface area contributed by atoms with Crippen molar-refractivity contribution in [3.05, 3.63) is 23.8 Å². The van der Waals surface area contributed by atoms with Gasteiger partial charge in [-0.05, 0) is 36.6 Å². The van der Waals surface area contributed by atoms with E-state index in [4.69, 9.17) is 4.74 Å². The largest absolute Gasteiger partial charge is 0.493 e. The topological polar surface area (TPSA) is 21.3 Å². The number of anilines is 1. The van der Waals surface area contributed by atoms with Gasteiger partial charge in [-0.1, -0.05) is 13.8 Å². The molecule has 0 heterocycles. The average molecular weight is 193 g/mol. The molecular weight excluding hydrogens is 174 g/mol. The summed E-state index contributed by atoms with van der Waals surface area (Å²) < 4.78 is 5.62. The van der Waals surface area contributed by atoms with Crippen molar-refractivity contribution in [3.63, 3.8) is 0 Å². The first-order valence-electron chi connectivity index (χ1n) is 5.04. The summed E-state index contributed by atoms with van der Waals surface area (Å²) >= 11 is 0. The van der Waals surface area contributed by atoms with Crippen LogP contribution in [0.3, 0.4) is 0 Å². The lowest BCUT2D eigenvalue weighted by Crippen LogP contribution is -2.04. The molecule has 2 heteroatoms. The fraction of sp³-hybridized carbons (Fsp3) is 0.500. The molecule has 0 unspecified atom stereocenters. The Morgan fingerprint density at radius 2 is 2.07 bits per heavy atom. The number of hydrogen-bond acceptors (Lipinski definition) is 2. The van der Waals surface area contributed by atoms with Gasteiger partial charge in [0.05, 0.1) is 6.61 Å². The lowest BCUT2D eigenvalue weighted by atomic mass is 10.2. The van der Waals surface area contributed by atoms with Crippen LogP contribution in [-0.2, 0) is 0 Å². The van der Waals surface area contributed by atoms with E-state index in [1.807, 2.05) is 19.2 Å². The van der Waals surface area contributed by atoms with Crippen molar-refractivity contribution in [2.45, 2.75) is 20.8 Å². The summed E-state index contributed by atoms with van der Waals surface area (Å²) in [4.78, 5) is 0. The molecule has 14 heavy (non-hydrogen) atoms. The molecule has 1 rings (SSSR count). The van der Waals surface area contributed by atoms with E-state index in [-0.39, 0.29) is 0 Å². The standard InChI is InChI=1S/C12H19NO/c1-9(2)8-14-11-5-6-12(13-4)10(3)7-11/h5-7,9,13H,8H2,1-4H3. The summed E-state index contributed by atoms with van der Waals surface area (Å²) in [6.45, 7) is 7.15. The highest BCUT2D eigenvalue weighted by Gasteiger charge is 2.00. The quantitative estimate of drug-likeness (QED) is 0.793. The predicted octanol–water partition coefficient (Wildman–Crippen LogP) is 3.07.